The number of nitrogens with one attached hydrogen (secondary N) is 1. The van der Waals surface area contributed by atoms with Crippen molar-refractivity contribution in [2.45, 2.75) is 0 Å². The van der Waals surface area contributed by atoms with Crippen molar-refractivity contribution in [3.63, 3.8) is 0 Å². The maximum Gasteiger partial charge on any atom is 0.166 e. The van der Waals surface area contributed by atoms with Crippen molar-refractivity contribution in [2.24, 2.45) is 0 Å². The lowest BCUT2D eigenvalue weighted by molar-refractivity contribution is 0.111. The van der Waals surface area contributed by atoms with Gasteiger partial charge >= 0.3 is 0 Å². The predicted octanol–water partition coefficient (Wildman–Crippen LogP) is 1.11. The van der Waals surface area contributed by atoms with Crippen LogP contribution in [0.25, 0.3) is 0 Å². The average Bonchev–Trinajstić information content (AvgIpc) is 2.48. The van der Waals surface area contributed by atoms with Crippen LogP contribution >= 0.6 is 12.6 Å². The van der Waals surface area contributed by atoms with E-state index in [1.807, 2.05) is 0 Å². The number of carbonyl (C=O) groups excluding carboxylic acids is 1. The SMILES string of the molecule is O=Cc1cc(C#CCS)c[nH]1. The van der Waals surface area contributed by atoms with Gasteiger partial charge in [-0.2, -0.15) is 12.6 Å². The van der Waals surface area contributed by atoms with Gasteiger partial charge in [0.25, 0.3) is 0 Å². The van der Waals surface area contributed by atoms with Crippen LogP contribution in [0, 0.1) is 11.8 Å². The molecule has 0 saturated carbocycles. The van der Waals surface area contributed by atoms with E-state index >= 15 is 0 Å². The molecule has 0 aliphatic rings. The molecule has 0 amide bonds. The number of thiol groups is 1. The predicted molar refractivity (Wildman–Crippen MR) is 46.9 cm³/mol. The monoisotopic (exact) mass is 165 g/mol. The second kappa shape index (κ2) is 3.89. The van der Waals surface area contributed by atoms with Crippen LogP contribution in [-0.4, -0.2) is 17.0 Å². The van der Waals surface area contributed by atoms with Gasteiger partial charge in [0.2, 0.25) is 0 Å². The number of carbonyl (C=O) groups is 1. The summed E-state index contributed by atoms with van der Waals surface area (Å²) in [4.78, 5) is 13.0. The largest absolute Gasteiger partial charge is 0.358 e. The molecule has 56 valence electrons. The third-order valence-corrected chi connectivity index (χ3v) is 1.30. The second-order valence-corrected chi connectivity index (χ2v) is 2.24. The number of aldehydes is 1. The fourth-order valence-electron chi connectivity index (χ4n) is 0.694. The first kappa shape index (κ1) is 7.96. The minimum atomic E-state index is 0.529. The molecule has 1 N–H and O–H groups in total. The van der Waals surface area contributed by atoms with E-state index in [9.17, 15) is 4.79 Å². The Bertz CT molecular complexity index is 305. The van der Waals surface area contributed by atoms with Gasteiger partial charge in [0.1, 0.15) is 0 Å². The van der Waals surface area contributed by atoms with E-state index in [0.29, 0.717) is 11.4 Å². The Kier molecular flexibility index (Phi) is 2.82. The normalized spacial score (nSPS) is 8.45. The summed E-state index contributed by atoms with van der Waals surface area (Å²) in [6, 6.07) is 1.70. The quantitative estimate of drug-likeness (QED) is 0.365. The number of rotatable bonds is 1. The second-order valence-electron chi connectivity index (χ2n) is 1.92. The van der Waals surface area contributed by atoms with Crippen molar-refractivity contribution in [1.29, 1.82) is 0 Å². The molecule has 1 aromatic rings. The van der Waals surface area contributed by atoms with E-state index in [4.69, 9.17) is 0 Å². The number of aromatic nitrogens is 1. The van der Waals surface area contributed by atoms with Crippen molar-refractivity contribution in [3.05, 3.63) is 23.5 Å². The van der Waals surface area contributed by atoms with Gasteiger partial charge in [-0.05, 0) is 6.07 Å². The highest BCUT2D eigenvalue weighted by molar-refractivity contribution is 7.80. The minimum absolute atomic E-state index is 0.529. The van der Waals surface area contributed by atoms with Gasteiger partial charge in [0, 0.05) is 11.8 Å². The highest BCUT2D eigenvalue weighted by Gasteiger charge is 1.91. The molecule has 1 heterocycles. The van der Waals surface area contributed by atoms with E-state index in [1.54, 1.807) is 12.3 Å². The summed E-state index contributed by atoms with van der Waals surface area (Å²) in [5, 5.41) is 0. The van der Waals surface area contributed by atoms with Gasteiger partial charge < -0.3 is 4.98 Å². The van der Waals surface area contributed by atoms with Gasteiger partial charge in [-0.1, -0.05) is 11.8 Å². The molecule has 0 atom stereocenters. The van der Waals surface area contributed by atoms with Crippen molar-refractivity contribution in [3.8, 4) is 11.8 Å². The minimum Gasteiger partial charge on any atom is -0.358 e. The van der Waals surface area contributed by atoms with Gasteiger partial charge in [0.05, 0.1) is 11.4 Å². The molecule has 0 aliphatic heterocycles. The Balaban J connectivity index is 2.80. The van der Waals surface area contributed by atoms with Gasteiger partial charge in [0.15, 0.2) is 6.29 Å². The first-order valence-electron chi connectivity index (χ1n) is 3.10. The number of H-pyrrole nitrogens is 1. The van der Waals surface area contributed by atoms with Crippen LogP contribution in [0.4, 0.5) is 0 Å². The highest BCUT2D eigenvalue weighted by Crippen LogP contribution is 1.98. The van der Waals surface area contributed by atoms with Crippen LogP contribution in [0.1, 0.15) is 16.1 Å². The van der Waals surface area contributed by atoms with Crippen molar-refractivity contribution < 1.29 is 4.79 Å². The lowest BCUT2D eigenvalue weighted by atomic mass is 10.3. The summed E-state index contributed by atoms with van der Waals surface area (Å²) >= 11 is 3.93. The smallest absolute Gasteiger partial charge is 0.166 e. The van der Waals surface area contributed by atoms with Crippen LogP contribution < -0.4 is 0 Å². The van der Waals surface area contributed by atoms with Crippen LogP contribution in [0.2, 0.25) is 0 Å². The molecule has 0 bridgehead atoms. The molecule has 0 spiro atoms. The van der Waals surface area contributed by atoms with Crippen molar-refractivity contribution in [1.82, 2.24) is 4.98 Å². The first-order valence-corrected chi connectivity index (χ1v) is 3.73. The highest BCUT2D eigenvalue weighted by atomic mass is 32.1. The fourth-order valence-corrected chi connectivity index (χ4v) is 0.773. The zero-order valence-corrected chi connectivity index (χ0v) is 6.69. The number of hydrogen-bond acceptors (Lipinski definition) is 2. The van der Waals surface area contributed by atoms with Crippen LogP contribution in [-0.2, 0) is 0 Å². The van der Waals surface area contributed by atoms with Crippen molar-refractivity contribution >= 4 is 18.9 Å². The zero-order valence-electron chi connectivity index (χ0n) is 5.79. The molecule has 3 heteroatoms. The zero-order chi connectivity index (χ0) is 8.10. The Morgan fingerprint density at radius 3 is 3.09 bits per heavy atom. The van der Waals surface area contributed by atoms with Gasteiger partial charge in [-0.15, -0.1) is 0 Å². The first-order chi connectivity index (χ1) is 5.36. The molecule has 0 aromatic carbocycles. The van der Waals surface area contributed by atoms with E-state index < -0.39 is 0 Å². The maximum absolute atomic E-state index is 10.2. The van der Waals surface area contributed by atoms with Crippen LogP contribution in [0.15, 0.2) is 12.3 Å². The topological polar surface area (TPSA) is 32.9 Å². The lowest BCUT2D eigenvalue weighted by Gasteiger charge is -1.73. The van der Waals surface area contributed by atoms with Gasteiger partial charge in [-0.25, -0.2) is 0 Å². The fraction of sp³-hybridized carbons (Fsp3) is 0.125. The number of aromatic amines is 1. The molecule has 0 fully saturated rings. The standard InChI is InChI=1S/C8H7NOS/c10-6-8-4-7(5-9-8)2-1-3-11/h4-6,9,11H,3H2. The third-order valence-electron chi connectivity index (χ3n) is 1.14. The third kappa shape index (κ3) is 2.17. The van der Waals surface area contributed by atoms with E-state index in [-0.39, 0.29) is 0 Å². The molecule has 2 nitrogen and oxygen atoms in total. The summed E-state index contributed by atoms with van der Waals surface area (Å²) in [6.07, 6.45) is 2.45. The Labute approximate surface area is 70.4 Å². The average molecular weight is 165 g/mol. The Hall–Kier alpha value is -1.14. The van der Waals surface area contributed by atoms with Crippen LogP contribution in [0.5, 0.6) is 0 Å². The number of hydrogen-bond donors (Lipinski definition) is 2. The van der Waals surface area contributed by atoms with E-state index in [2.05, 4.69) is 29.5 Å². The molecule has 0 aliphatic carbocycles. The maximum atomic E-state index is 10.2. The Morgan fingerprint density at radius 2 is 2.55 bits per heavy atom. The summed E-state index contributed by atoms with van der Waals surface area (Å²) < 4.78 is 0. The molecular formula is C8H7NOS. The van der Waals surface area contributed by atoms with Crippen LogP contribution in [0.3, 0.4) is 0 Å². The van der Waals surface area contributed by atoms with E-state index in [0.717, 1.165) is 11.8 Å². The summed E-state index contributed by atoms with van der Waals surface area (Å²) in [5.41, 5.74) is 1.37. The lowest BCUT2D eigenvalue weighted by Crippen LogP contribution is -1.73. The van der Waals surface area contributed by atoms with Crippen molar-refractivity contribution in [2.75, 3.05) is 5.75 Å². The molecular weight excluding hydrogens is 158 g/mol. The van der Waals surface area contributed by atoms with Gasteiger partial charge in [-0.3, -0.25) is 4.79 Å². The molecule has 11 heavy (non-hydrogen) atoms. The molecule has 0 saturated heterocycles. The van der Waals surface area contributed by atoms with E-state index in [1.165, 1.54) is 0 Å². The molecule has 1 aromatic heterocycles. The molecule has 0 radical (unpaired) electrons. The molecule has 0 unspecified atom stereocenters. The summed E-state index contributed by atoms with van der Waals surface area (Å²) in [7, 11) is 0. The molecule has 1 rings (SSSR count). The summed E-state index contributed by atoms with van der Waals surface area (Å²) in [6.45, 7) is 0. The summed E-state index contributed by atoms with van der Waals surface area (Å²) in [5.74, 6) is 6.14. The Morgan fingerprint density at radius 1 is 1.73 bits per heavy atom.